The summed E-state index contributed by atoms with van der Waals surface area (Å²) in [6.07, 6.45) is -3.23. The van der Waals surface area contributed by atoms with Crippen molar-refractivity contribution in [2.75, 3.05) is 6.61 Å². The number of nitrogens with zero attached hydrogens (tertiary/aromatic N) is 2. The molecule has 0 bridgehead atoms. The van der Waals surface area contributed by atoms with Gasteiger partial charge in [0.2, 0.25) is 5.88 Å². The fourth-order valence-corrected chi connectivity index (χ4v) is 2.62. The smallest absolute Gasteiger partial charge is 0.408 e. The Bertz CT molecular complexity index is 543. The number of hydrogen-bond donors (Lipinski definition) is 1. The normalized spacial score (nSPS) is 18.1. The van der Waals surface area contributed by atoms with Gasteiger partial charge in [-0.2, -0.15) is 5.10 Å². The van der Waals surface area contributed by atoms with E-state index in [4.69, 9.17) is 9.47 Å². The molecule has 21 heavy (non-hydrogen) atoms. The van der Waals surface area contributed by atoms with Crippen LogP contribution in [0.25, 0.3) is 0 Å². The molecular formula is C12H16F2IN3O3. The van der Waals surface area contributed by atoms with Gasteiger partial charge in [0.25, 0.3) is 6.43 Å². The van der Waals surface area contributed by atoms with E-state index in [1.54, 1.807) is 43.4 Å². The maximum Gasteiger partial charge on any atom is 0.408 e. The molecule has 2 heterocycles. The molecule has 1 aliphatic rings. The van der Waals surface area contributed by atoms with Crippen LogP contribution in [0.5, 0.6) is 5.88 Å². The molecule has 1 unspecified atom stereocenters. The number of halogens is 3. The molecule has 0 aromatic carbocycles. The highest BCUT2D eigenvalue weighted by molar-refractivity contribution is 14.1. The summed E-state index contributed by atoms with van der Waals surface area (Å²) in [7, 11) is 0. The van der Waals surface area contributed by atoms with E-state index in [2.05, 4.69) is 10.4 Å². The lowest BCUT2D eigenvalue weighted by atomic mass is 10.2. The van der Waals surface area contributed by atoms with Gasteiger partial charge in [0.1, 0.15) is 21.5 Å². The van der Waals surface area contributed by atoms with Crippen LogP contribution >= 0.6 is 22.6 Å². The van der Waals surface area contributed by atoms with Crippen molar-refractivity contribution >= 4 is 28.7 Å². The minimum absolute atomic E-state index is 0.184. The third kappa shape index (κ3) is 3.95. The van der Waals surface area contributed by atoms with Gasteiger partial charge in [0, 0.05) is 0 Å². The second-order valence-electron chi connectivity index (χ2n) is 5.64. The van der Waals surface area contributed by atoms with Crippen LogP contribution in [0.15, 0.2) is 0 Å². The molecule has 1 aliphatic heterocycles. The Labute approximate surface area is 134 Å². The Morgan fingerprint density at radius 1 is 1.57 bits per heavy atom. The molecule has 0 radical (unpaired) electrons. The molecule has 0 saturated carbocycles. The number of alkyl halides is 2. The van der Waals surface area contributed by atoms with E-state index in [1.165, 1.54) is 4.68 Å². The third-order valence-electron chi connectivity index (χ3n) is 2.62. The van der Waals surface area contributed by atoms with Gasteiger partial charge in [0.15, 0.2) is 0 Å². The average Bonchev–Trinajstić information content (AvgIpc) is 2.64. The SMILES string of the molecule is CC(C)(C)OC(=O)NC1COc2c(I)c(C(F)F)nn2C1. The Kier molecular flexibility index (Phi) is 4.59. The first-order chi connectivity index (χ1) is 9.67. The molecule has 118 valence electrons. The standard InChI is InChI=1S/C12H16F2IN3O3/c1-12(2,3)21-11(19)16-6-4-18-10(20-5-6)7(15)8(17-18)9(13)14/h6,9H,4-5H2,1-3H3,(H,16,19). The number of ether oxygens (including phenoxy) is 2. The number of carbonyl (C=O) groups is 1. The number of rotatable bonds is 2. The van der Waals surface area contributed by atoms with E-state index in [0.717, 1.165) is 0 Å². The van der Waals surface area contributed by atoms with Gasteiger partial charge in [-0.05, 0) is 43.4 Å². The van der Waals surface area contributed by atoms with Gasteiger partial charge >= 0.3 is 6.09 Å². The summed E-state index contributed by atoms with van der Waals surface area (Å²) in [5.41, 5.74) is -0.905. The number of fused-ring (bicyclic) bond motifs is 1. The molecule has 1 aromatic heterocycles. The van der Waals surface area contributed by atoms with Crippen molar-refractivity contribution in [1.29, 1.82) is 0 Å². The summed E-state index contributed by atoms with van der Waals surface area (Å²) in [4.78, 5) is 11.7. The fraction of sp³-hybridized carbons (Fsp3) is 0.667. The zero-order chi connectivity index (χ0) is 15.8. The molecule has 1 amide bonds. The van der Waals surface area contributed by atoms with E-state index in [-0.39, 0.29) is 24.9 Å². The molecular weight excluding hydrogens is 399 g/mol. The number of alkyl carbamates (subject to hydrolysis) is 1. The van der Waals surface area contributed by atoms with E-state index in [1.807, 2.05) is 0 Å². The molecule has 9 heteroatoms. The van der Waals surface area contributed by atoms with Crippen molar-refractivity contribution in [1.82, 2.24) is 15.1 Å². The largest absolute Gasteiger partial charge is 0.475 e. The highest BCUT2D eigenvalue weighted by atomic mass is 127. The predicted molar refractivity (Wildman–Crippen MR) is 78.6 cm³/mol. The summed E-state index contributed by atoms with van der Waals surface area (Å²) >= 11 is 1.78. The summed E-state index contributed by atoms with van der Waals surface area (Å²) in [5, 5.41) is 6.46. The third-order valence-corrected chi connectivity index (χ3v) is 3.63. The van der Waals surface area contributed by atoms with Gasteiger partial charge in [-0.25, -0.2) is 18.3 Å². The van der Waals surface area contributed by atoms with E-state index >= 15 is 0 Å². The molecule has 1 atom stereocenters. The quantitative estimate of drug-likeness (QED) is 0.755. The number of carbonyl (C=O) groups excluding carboxylic acids is 1. The second kappa shape index (κ2) is 5.93. The minimum Gasteiger partial charge on any atom is -0.475 e. The van der Waals surface area contributed by atoms with Gasteiger partial charge in [-0.15, -0.1) is 0 Å². The van der Waals surface area contributed by atoms with Crippen LogP contribution in [0, 0.1) is 3.57 Å². The highest BCUT2D eigenvalue weighted by Gasteiger charge is 2.30. The highest BCUT2D eigenvalue weighted by Crippen LogP contribution is 2.32. The van der Waals surface area contributed by atoms with Crippen LogP contribution in [-0.4, -0.2) is 34.1 Å². The maximum atomic E-state index is 12.8. The summed E-state index contributed by atoms with van der Waals surface area (Å²) < 4.78 is 37.8. The van der Waals surface area contributed by atoms with Gasteiger partial charge in [0.05, 0.1) is 12.6 Å². The maximum absolute atomic E-state index is 12.8. The first-order valence-electron chi connectivity index (χ1n) is 6.34. The summed E-state index contributed by atoms with van der Waals surface area (Å²) in [6.45, 7) is 5.72. The number of amides is 1. The molecule has 1 N–H and O–H groups in total. The van der Waals surface area contributed by atoms with Crippen LogP contribution < -0.4 is 10.1 Å². The van der Waals surface area contributed by atoms with Crippen LogP contribution in [0.3, 0.4) is 0 Å². The Morgan fingerprint density at radius 3 is 2.81 bits per heavy atom. The lowest BCUT2D eigenvalue weighted by Gasteiger charge is -2.27. The van der Waals surface area contributed by atoms with Crippen LogP contribution in [0.1, 0.15) is 32.9 Å². The zero-order valence-corrected chi connectivity index (χ0v) is 14.0. The van der Waals surface area contributed by atoms with Crippen LogP contribution in [-0.2, 0) is 11.3 Å². The van der Waals surface area contributed by atoms with Crippen molar-refractivity contribution in [2.45, 2.75) is 45.4 Å². The average molecular weight is 415 g/mol. The van der Waals surface area contributed by atoms with E-state index < -0.39 is 18.1 Å². The molecule has 0 fully saturated rings. The first-order valence-corrected chi connectivity index (χ1v) is 7.42. The predicted octanol–water partition coefficient (Wildman–Crippen LogP) is 2.71. The van der Waals surface area contributed by atoms with E-state index in [0.29, 0.717) is 9.45 Å². The molecule has 1 aromatic rings. The topological polar surface area (TPSA) is 65.4 Å². The summed E-state index contributed by atoms with van der Waals surface area (Å²) in [5.74, 6) is 0.313. The van der Waals surface area contributed by atoms with E-state index in [9.17, 15) is 13.6 Å². The van der Waals surface area contributed by atoms with Crippen molar-refractivity contribution in [3.05, 3.63) is 9.26 Å². The minimum atomic E-state index is -2.66. The molecule has 0 saturated heterocycles. The Balaban J connectivity index is 2.03. The zero-order valence-electron chi connectivity index (χ0n) is 11.8. The number of aromatic nitrogens is 2. The van der Waals surface area contributed by atoms with Crippen molar-refractivity contribution in [3.63, 3.8) is 0 Å². The molecule has 6 nitrogen and oxygen atoms in total. The molecule has 0 spiro atoms. The Hall–Kier alpha value is -1.13. The number of hydrogen-bond acceptors (Lipinski definition) is 4. The fourth-order valence-electron chi connectivity index (χ4n) is 1.85. The monoisotopic (exact) mass is 415 g/mol. The van der Waals surface area contributed by atoms with Gasteiger partial charge in [-0.3, -0.25) is 0 Å². The summed E-state index contributed by atoms with van der Waals surface area (Å²) in [6, 6.07) is -0.381. The van der Waals surface area contributed by atoms with Crippen molar-refractivity contribution < 1.29 is 23.0 Å². The van der Waals surface area contributed by atoms with Gasteiger partial charge in [-0.1, -0.05) is 0 Å². The Morgan fingerprint density at radius 2 is 2.24 bits per heavy atom. The molecule has 0 aliphatic carbocycles. The van der Waals surface area contributed by atoms with Gasteiger partial charge < -0.3 is 14.8 Å². The van der Waals surface area contributed by atoms with Crippen molar-refractivity contribution in [2.24, 2.45) is 0 Å². The second-order valence-corrected chi connectivity index (χ2v) is 6.72. The molecule has 2 rings (SSSR count). The van der Waals surface area contributed by atoms with Crippen molar-refractivity contribution in [3.8, 4) is 5.88 Å². The lowest BCUT2D eigenvalue weighted by molar-refractivity contribution is 0.0460. The number of nitrogens with one attached hydrogen (secondary N) is 1. The van der Waals surface area contributed by atoms with Crippen LogP contribution in [0.2, 0.25) is 0 Å². The van der Waals surface area contributed by atoms with Crippen LogP contribution in [0.4, 0.5) is 13.6 Å². The lowest BCUT2D eigenvalue weighted by Crippen LogP contribution is -2.46. The first kappa shape index (κ1) is 16.2.